The summed E-state index contributed by atoms with van der Waals surface area (Å²) in [6, 6.07) is 6.49. The molecule has 0 radical (unpaired) electrons. The van der Waals surface area contributed by atoms with Crippen LogP contribution in [0, 0.1) is 5.92 Å². The van der Waals surface area contributed by atoms with Crippen molar-refractivity contribution in [1.82, 2.24) is 4.90 Å². The first-order valence-electron chi connectivity index (χ1n) is 6.29. The van der Waals surface area contributed by atoms with Crippen molar-refractivity contribution in [3.8, 4) is 5.75 Å². The summed E-state index contributed by atoms with van der Waals surface area (Å²) in [4.78, 5) is 14.1. The molecule has 1 fully saturated rings. The van der Waals surface area contributed by atoms with Crippen molar-refractivity contribution >= 4 is 5.91 Å². The fourth-order valence-electron chi connectivity index (χ4n) is 2.33. The van der Waals surface area contributed by atoms with E-state index in [4.69, 9.17) is 0 Å². The summed E-state index contributed by atoms with van der Waals surface area (Å²) in [5, 5.41) is 9.19. The molecule has 1 aliphatic heterocycles. The molecule has 1 aromatic rings. The molecule has 0 bridgehead atoms. The second-order valence-electron chi connectivity index (χ2n) is 4.69. The maximum atomic E-state index is 12.2. The molecule has 0 unspecified atom stereocenters. The zero-order valence-electron chi connectivity index (χ0n) is 10.2. The van der Waals surface area contributed by atoms with Gasteiger partial charge in [0.25, 0.3) is 5.91 Å². The average Bonchev–Trinajstić information content (AvgIpc) is 2.39. The third-order valence-electron chi connectivity index (χ3n) is 3.59. The molecule has 1 aliphatic rings. The molecule has 2 rings (SSSR count). The largest absolute Gasteiger partial charge is 0.508 e. The van der Waals surface area contributed by atoms with Crippen molar-refractivity contribution in [3.05, 3.63) is 29.8 Å². The summed E-state index contributed by atoms with van der Waals surface area (Å²) < 4.78 is 0. The van der Waals surface area contributed by atoms with Gasteiger partial charge in [0.1, 0.15) is 5.75 Å². The van der Waals surface area contributed by atoms with Gasteiger partial charge in [0, 0.05) is 18.7 Å². The Bertz CT molecular complexity index is 378. The molecule has 0 aromatic heterocycles. The van der Waals surface area contributed by atoms with Crippen molar-refractivity contribution in [2.24, 2.45) is 5.92 Å². The normalized spacial score (nSPS) is 17.1. The third kappa shape index (κ3) is 2.78. The van der Waals surface area contributed by atoms with Crippen LogP contribution in [0.4, 0.5) is 0 Å². The van der Waals surface area contributed by atoms with E-state index in [1.165, 1.54) is 6.42 Å². The molecule has 3 nitrogen and oxygen atoms in total. The van der Waals surface area contributed by atoms with Gasteiger partial charge in [-0.3, -0.25) is 4.79 Å². The quantitative estimate of drug-likeness (QED) is 0.853. The molecule has 1 N–H and O–H groups in total. The molecule has 0 aliphatic carbocycles. The van der Waals surface area contributed by atoms with Gasteiger partial charge in [-0.15, -0.1) is 0 Å². The number of hydrogen-bond acceptors (Lipinski definition) is 2. The SMILES string of the molecule is CCC1CCN(C(=O)c2ccc(O)cc2)CC1. The molecule has 1 aromatic carbocycles. The minimum Gasteiger partial charge on any atom is -0.508 e. The Morgan fingerprint density at radius 1 is 1.29 bits per heavy atom. The van der Waals surface area contributed by atoms with Gasteiger partial charge in [-0.1, -0.05) is 13.3 Å². The van der Waals surface area contributed by atoms with Gasteiger partial charge in [-0.2, -0.15) is 0 Å². The molecule has 17 heavy (non-hydrogen) atoms. The van der Waals surface area contributed by atoms with E-state index >= 15 is 0 Å². The van der Waals surface area contributed by atoms with Crippen molar-refractivity contribution < 1.29 is 9.90 Å². The summed E-state index contributed by atoms with van der Waals surface area (Å²) in [7, 11) is 0. The van der Waals surface area contributed by atoms with Crippen LogP contribution in [-0.2, 0) is 0 Å². The summed E-state index contributed by atoms with van der Waals surface area (Å²) in [6.45, 7) is 3.93. The highest BCUT2D eigenvalue weighted by atomic mass is 16.3. The van der Waals surface area contributed by atoms with Crippen LogP contribution in [0.5, 0.6) is 5.75 Å². The maximum Gasteiger partial charge on any atom is 0.253 e. The molecule has 92 valence electrons. The Balaban J connectivity index is 1.99. The minimum atomic E-state index is 0.0829. The van der Waals surface area contributed by atoms with E-state index in [0.717, 1.165) is 31.8 Å². The first kappa shape index (κ1) is 12.0. The highest BCUT2D eigenvalue weighted by Crippen LogP contribution is 2.21. The van der Waals surface area contributed by atoms with Crippen LogP contribution in [0.1, 0.15) is 36.5 Å². The van der Waals surface area contributed by atoms with Gasteiger partial charge in [0.05, 0.1) is 0 Å². The van der Waals surface area contributed by atoms with E-state index < -0.39 is 0 Å². The molecule has 0 atom stereocenters. The highest BCUT2D eigenvalue weighted by Gasteiger charge is 2.22. The number of aromatic hydroxyl groups is 1. The molecular weight excluding hydrogens is 214 g/mol. The van der Waals surface area contributed by atoms with E-state index in [-0.39, 0.29) is 11.7 Å². The fourth-order valence-corrected chi connectivity index (χ4v) is 2.33. The number of likely N-dealkylation sites (tertiary alicyclic amines) is 1. The van der Waals surface area contributed by atoms with Crippen LogP contribution in [0.15, 0.2) is 24.3 Å². The zero-order chi connectivity index (χ0) is 12.3. The zero-order valence-corrected chi connectivity index (χ0v) is 10.2. The second kappa shape index (κ2) is 5.21. The first-order valence-corrected chi connectivity index (χ1v) is 6.29. The van der Waals surface area contributed by atoms with E-state index in [0.29, 0.717) is 5.56 Å². The topological polar surface area (TPSA) is 40.5 Å². The van der Waals surface area contributed by atoms with Gasteiger partial charge >= 0.3 is 0 Å². The van der Waals surface area contributed by atoms with E-state index in [9.17, 15) is 9.90 Å². The van der Waals surface area contributed by atoms with Gasteiger partial charge in [-0.05, 0) is 43.0 Å². The lowest BCUT2D eigenvalue weighted by Crippen LogP contribution is -2.38. The second-order valence-corrected chi connectivity index (χ2v) is 4.69. The standard InChI is InChI=1S/C14H19NO2/c1-2-11-7-9-15(10-8-11)14(17)12-3-5-13(16)6-4-12/h3-6,11,16H,2,7-10H2,1H3. The smallest absolute Gasteiger partial charge is 0.253 e. The van der Waals surface area contributed by atoms with E-state index in [1.54, 1.807) is 24.3 Å². The van der Waals surface area contributed by atoms with Crippen LogP contribution in [0.2, 0.25) is 0 Å². The molecular formula is C14H19NO2. The number of carbonyl (C=O) groups is 1. The summed E-state index contributed by atoms with van der Waals surface area (Å²) >= 11 is 0. The molecule has 1 heterocycles. The molecule has 0 saturated carbocycles. The van der Waals surface area contributed by atoms with Gasteiger partial charge in [0.2, 0.25) is 0 Å². The average molecular weight is 233 g/mol. The number of amides is 1. The van der Waals surface area contributed by atoms with Gasteiger partial charge in [0.15, 0.2) is 0 Å². The van der Waals surface area contributed by atoms with E-state index in [1.807, 2.05) is 4.90 Å². The van der Waals surface area contributed by atoms with Crippen molar-refractivity contribution in [3.63, 3.8) is 0 Å². The molecule has 1 amide bonds. The Kier molecular flexibility index (Phi) is 3.67. The van der Waals surface area contributed by atoms with Crippen molar-refractivity contribution in [2.75, 3.05) is 13.1 Å². The lowest BCUT2D eigenvalue weighted by atomic mass is 9.94. The molecule has 0 spiro atoms. The van der Waals surface area contributed by atoms with Gasteiger partial charge < -0.3 is 10.0 Å². The summed E-state index contributed by atoms with van der Waals surface area (Å²) in [5.74, 6) is 1.06. The fraction of sp³-hybridized carbons (Fsp3) is 0.500. The van der Waals surface area contributed by atoms with Crippen LogP contribution in [0.25, 0.3) is 0 Å². The van der Waals surface area contributed by atoms with Crippen molar-refractivity contribution in [2.45, 2.75) is 26.2 Å². The number of phenols is 1. The Hall–Kier alpha value is -1.51. The Morgan fingerprint density at radius 3 is 2.41 bits per heavy atom. The number of carbonyl (C=O) groups excluding carboxylic acids is 1. The van der Waals surface area contributed by atoms with Gasteiger partial charge in [-0.25, -0.2) is 0 Å². The van der Waals surface area contributed by atoms with Crippen LogP contribution < -0.4 is 0 Å². The summed E-state index contributed by atoms with van der Waals surface area (Å²) in [6.07, 6.45) is 3.43. The first-order chi connectivity index (χ1) is 8.20. The summed E-state index contributed by atoms with van der Waals surface area (Å²) in [5.41, 5.74) is 0.665. The van der Waals surface area contributed by atoms with Crippen LogP contribution in [-0.4, -0.2) is 29.0 Å². The molecule has 3 heteroatoms. The lowest BCUT2D eigenvalue weighted by Gasteiger charge is -2.31. The number of hydrogen-bond donors (Lipinski definition) is 1. The Labute approximate surface area is 102 Å². The highest BCUT2D eigenvalue weighted by molar-refractivity contribution is 5.94. The van der Waals surface area contributed by atoms with Crippen LogP contribution in [0.3, 0.4) is 0 Å². The number of nitrogens with zero attached hydrogens (tertiary/aromatic N) is 1. The van der Waals surface area contributed by atoms with Crippen molar-refractivity contribution in [1.29, 1.82) is 0 Å². The lowest BCUT2D eigenvalue weighted by molar-refractivity contribution is 0.0689. The monoisotopic (exact) mass is 233 g/mol. The predicted molar refractivity (Wildman–Crippen MR) is 67.0 cm³/mol. The number of rotatable bonds is 2. The third-order valence-corrected chi connectivity index (χ3v) is 3.59. The minimum absolute atomic E-state index is 0.0829. The number of benzene rings is 1. The predicted octanol–water partition coefficient (Wildman–Crippen LogP) is 2.65. The number of phenolic OH excluding ortho intramolecular Hbond substituents is 1. The van der Waals surface area contributed by atoms with Crippen LogP contribution >= 0.6 is 0 Å². The van der Waals surface area contributed by atoms with E-state index in [2.05, 4.69) is 6.92 Å². The maximum absolute atomic E-state index is 12.2. The molecule has 1 saturated heterocycles. The Morgan fingerprint density at radius 2 is 1.88 bits per heavy atom. The number of piperidine rings is 1.